The highest BCUT2D eigenvalue weighted by Gasteiger charge is 2.28. The van der Waals surface area contributed by atoms with E-state index in [1.165, 1.54) is 13.2 Å². The molecule has 1 amide bonds. The van der Waals surface area contributed by atoms with Crippen LogP contribution in [0.1, 0.15) is 19.4 Å². The van der Waals surface area contributed by atoms with Crippen molar-refractivity contribution >= 4 is 15.9 Å². The first-order valence-corrected chi connectivity index (χ1v) is 9.95. The normalized spacial score (nSPS) is 17.4. The van der Waals surface area contributed by atoms with E-state index in [1.54, 1.807) is 30.9 Å². The van der Waals surface area contributed by atoms with Gasteiger partial charge in [-0.15, -0.1) is 0 Å². The van der Waals surface area contributed by atoms with Crippen molar-refractivity contribution in [2.75, 3.05) is 39.8 Å². The Labute approximate surface area is 150 Å². The number of sulfonamides is 1. The summed E-state index contributed by atoms with van der Waals surface area (Å²) in [6.45, 7) is 9.30. The van der Waals surface area contributed by atoms with Crippen LogP contribution in [0.2, 0.25) is 0 Å². The van der Waals surface area contributed by atoms with E-state index >= 15 is 0 Å². The van der Waals surface area contributed by atoms with E-state index in [0.717, 1.165) is 25.2 Å². The van der Waals surface area contributed by atoms with Crippen LogP contribution in [0, 0.1) is 6.92 Å². The number of piperazine rings is 1. The van der Waals surface area contributed by atoms with Crippen LogP contribution in [-0.2, 0) is 14.8 Å². The molecular formula is C17H27N3O4S. The molecule has 0 bridgehead atoms. The minimum absolute atomic E-state index is 0.126. The lowest BCUT2D eigenvalue weighted by atomic mass is 10.2. The zero-order chi connectivity index (χ0) is 18.6. The van der Waals surface area contributed by atoms with Gasteiger partial charge < -0.3 is 14.5 Å². The average Bonchev–Trinajstić information content (AvgIpc) is 2.60. The first kappa shape index (κ1) is 19.7. The van der Waals surface area contributed by atoms with E-state index in [9.17, 15) is 13.2 Å². The van der Waals surface area contributed by atoms with E-state index in [0.29, 0.717) is 18.8 Å². The number of likely N-dealkylation sites (N-methyl/N-ethyl adjacent to an activating group) is 1. The Bertz CT molecular complexity index is 713. The molecule has 0 unspecified atom stereocenters. The van der Waals surface area contributed by atoms with Gasteiger partial charge in [0.05, 0.1) is 18.0 Å². The fourth-order valence-corrected chi connectivity index (χ4v) is 4.21. The number of carbonyl (C=O) groups is 1. The Balaban J connectivity index is 2.04. The first-order chi connectivity index (χ1) is 11.8. The molecule has 0 spiro atoms. The number of benzene rings is 1. The van der Waals surface area contributed by atoms with Crippen LogP contribution in [0.4, 0.5) is 0 Å². The largest absolute Gasteiger partial charge is 0.496 e. The van der Waals surface area contributed by atoms with Crippen LogP contribution in [0.5, 0.6) is 5.75 Å². The average molecular weight is 369 g/mol. The SMILES string of the molecule is CCN1CCN(C(=O)[C@H](C)NS(=O)(=O)c2ccc(OC)c(C)c2)CC1. The molecule has 25 heavy (non-hydrogen) atoms. The van der Waals surface area contributed by atoms with E-state index in [2.05, 4.69) is 16.5 Å². The third-order valence-corrected chi connectivity index (χ3v) is 6.05. The maximum Gasteiger partial charge on any atom is 0.241 e. The summed E-state index contributed by atoms with van der Waals surface area (Å²) < 4.78 is 32.7. The van der Waals surface area contributed by atoms with Crippen molar-refractivity contribution in [3.8, 4) is 5.75 Å². The fraction of sp³-hybridized carbons (Fsp3) is 0.588. The molecule has 0 aliphatic carbocycles. The van der Waals surface area contributed by atoms with Gasteiger partial charge in [-0.05, 0) is 44.2 Å². The molecule has 0 radical (unpaired) electrons. The lowest BCUT2D eigenvalue weighted by Gasteiger charge is -2.35. The quantitative estimate of drug-likeness (QED) is 0.804. The highest BCUT2D eigenvalue weighted by atomic mass is 32.2. The summed E-state index contributed by atoms with van der Waals surface area (Å²) in [5.74, 6) is 0.432. The van der Waals surface area contributed by atoms with Gasteiger partial charge in [0.25, 0.3) is 0 Å². The number of carbonyl (C=O) groups excluding carboxylic acids is 1. The van der Waals surface area contributed by atoms with Gasteiger partial charge in [0.15, 0.2) is 0 Å². The van der Waals surface area contributed by atoms with Crippen LogP contribution in [0.15, 0.2) is 23.1 Å². The minimum atomic E-state index is -3.77. The standard InChI is InChI=1S/C17H27N3O4S/c1-5-19-8-10-20(11-9-19)17(21)14(3)18-25(22,23)15-6-7-16(24-4)13(2)12-15/h6-7,12,14,18H,5,8-11H2,1-4H3/t14-/m0/s1. The summed E-state index contributed by atoms with van der Waals surface area (Å²) in [4.78, 5) is 16.6. The molecule has 2 rings (SSSR count). The highest BCUT2D eigenvalue weighted by Crippen LogP contribution is 2.21. The molecule has 1 N–H and O–H groups in total. The Kier molecular flexibility index (Phi) is 6.42. The summed E-state index contributed by atoms with van der Waals surface area (Å²) in [6.07, 6.45) is 0. The number of nitrogens with zero attached hydrogens (tertiary/aromatic N) is 2. The summed E-state index contributed by atoms with van der Waals surface area (Å²) in [5.41, 5.74) is 0.722. The number of rotatable bonds is 6. The third-order valence-electron chi connectivity index (χ3n) is 4.51. The first-order valence-electron chi connectivity index (χ1n) is 8.46. The number of hydrogen-bond donors (Lipinski definition) is 1. The van der Waals surface area contributed by atoms with E-state index < -0.39 is 16.1 Å². The zero-order valence-electron chi connectivity index (χ0n) is 15.3. The van der Waals surface area contributed by atoms with Crippen molar-refractivity contribution < 1.29 is 17.9 Å². The summed E-state index contributed by atoms with van der Waals surface area (Å²) >= 11 is 0. The molecule has 1 aromatic rings. The van der Waals surface area contributed by atoms with Crippen molar-refractivity contribution in [1.82, 2.24) is 14.5 Å². The van der Waals surface area contributed by atoms with Crippen LogP contribution in [0.25, 0.3) is 0 Å². The molecule has 1 aliphatic rings. The topological polar surface area (TPSA) is 79.0 Å². The van der Waals surface area contributed by atoms with Gasteiger partial charge in [-0.2, -0.15) is 4.72 Å². The van der Waals surface area contributed by atoms with Crippen molar-refractivity contribution in [3.63, 3.8) is 0 Å². The van der Waals surface area contributed by atoms with Crippen LogP contribution in [0.3, 0.4) is 0 Å². The Morgan fingerprint density at radius 1 is 1.28 bits per heavy atom. The van der Waals surface area contributed by atoms with Gasteiger partial charge in [-0.1, -0.05) is 6.92 Å². The van der Waals surface area contributed by atoms with Crippen molar-refractivity contribution in [2.24, 2.45) is 0 Å². The molecule has 140 valence electrons. The lowest BCUT2D eigenvalue weighted by molar-refractivity contribution is -0.134. The zero-order valence-corrected chi connectivity index (χ0v) is 16.1. The van der Waals surface area contributed by atoms with Crippen molar-refractivity contribution in [2.45, 2.75) is 31.7 Å². The Morgan fingerprint density at radius 3 is 2.44 bits per heavy atom. The number of ether oxygens (including phenoxy) is 1. The lowest BCUT2D eigenvalue weighted by Crippen LogP contribution is -2.54. The predicted octanol–water partition coefficient (Wildman–Crippen LogP) is 0.835. The number of amides is 1. The van der Waals surface area contributed by atoms with Gasteiger partial charge >= 0.3 is 0 Å². The van der Waals surface area contributed by atoms with E-state index in [4.69, 9.17) is 4.74 Å². The summed E-state index contributed by atoms with van der Waals surface area (Å²) in [7, 11) is -2.23. The Hall–Kier alpha value is -1.64. The van der Waals surface area contributed by atoms with Crippen LogP contribution in [-0.4, -0.2) is 70.0 Å². The second-order valence-electron chi connectivity index (χ2n) is 6.23. The third kappa shape index (κ3) is 4.71. The maximum absolute atomic E-state index is 12.5. The molecule has 1 heterocycles. The maximum atomic E-state index is 12.5. The number of nitrogens with one attached hydrogen (secondary N) is 1. The molecule has 1 aromatic carbocycles. The fourth-order valence-electron chi connectivity index (χ4n) is 2.93. The molecular weight excluding hydrogens is 342 g/mol. The van der Waals surface area contributed by atoms with Crippen LogP contribution >= 0.6 is 0 Å². The number of aryl methyl sites for hydroxylation is 1. The molecule has 1 aliphatic heterocycles. The molecule has 0 aromatic heterocycles. The molecule has 1 atom stereocenters. The Morgan fingerprint density at radius 2 is 1.92 bits per heavy atom. The second-order valence-corrected chi connectivity index (χ2v) is 7.95. The van der Waals surface area contributed by atoms with E-state index in [-0.39, 0.29) is 10.8 Å². The number of hydrogen-bond acceptors (Lipinski definition) is 5. The van der Waals surface area contributed by atoms with Gasteiger partial charge in [0.1, 0.15) is 5.75 Å². The molecule has 7 nitrogen and oxygen atoms in total. The van der Waals surface area contributed by atoms with Gasteiger partial charge in [-0.25, -0.2) is 8.42 Å². The molecule has 1 saturated heterocycles. The predicted molar refractivity (Wildman–Crippen MR) is 96.2 cm³/mol. The van der Waals surface area contributed by atoms with Crippen molar-refractivity contribution in [1.29, 1.82) is 0 Å². The van der Waals surface area contributed by atoms with Gasteiger partial charge in [0, 0.05) is 26.2 Å². The molecule has 0 saturated carbocycles. The monoisotopic (exact) mass is 369 g/mol. The summed E-state index contributed by atoms with van der Waals surface area (Å²) in [6, 6.07) is 3.82. The van der Waals surface area contributed by atoms with E-state index in [1.807, 2.05) is 0 Å². The minimum Gasteiger partial charge on any atom is -0.496 e. The number of methoxy groups -OCH3 is 1. The highest BCUT2D eigenvalue weighted by molar-refractivity contribution is 7.89. The second kappa shape index (κ2) is 8.16. The molecule has 1 fully saturated rings. The van der Waals surface area contributed by atoms with Gasteiger partial charge in [0.2, 0.25) is 15.9 Å². The van der Waals surface area contributed by atoms with Crippen LogP contribution < -0.4 is 9.46 Å². The molecule has 8 heteroatoms. The van der Waals surface area contributed by atoms with Crippen molar-refractivity contribution in [3.05, 3.63) is 23.8 Å². The van der Waals surface area contributed by atoms with Gasteiger partial charge in [-0.3, -0.25) is 4.79 Å². The summed E-state index contributed by atoms with van der Waals surface area (Å²) in [5, 5.41) is 0. The smallest absolute Gasteiger partial charge is 0.241 e.